The Balaban J connectivity index is 1.08. The Morgan fingerprint density at radius 3 is 2.71 bits per heavy atom. The monoisotopic (exact) mass is 625 g/mol. The van der Waals surface area contributed by atoms with Crippen molar-refractivity contribution in [1.82, 2.24) is 19.3 Å². The van der Waals surface area contributed by atoms with Crippen LogP contribution in [0, 0.1) is 0 Å². The maximum atomic E-state index is 13.4. The highest BCUT2D eigenvalue weighted by Gasteiger charge is 2.45. The molecule has 3 N–H and O–H groups in total. The molecular formula is C27H39N5O8S2. The first kappa shape index (κ1) is 30.9. The smallest absolute Gasteiger partial charge is 0.244 e. The van der Waals surface area contributed by atoms with E-state index < -0.39 is 31.8 Å². The highest BCUT2D eigenvalue weighted by Crippen LogP contribution is 2.38. The van der Waals surface area contributed by atoms with E-state index in [4.69, 9.17) is 14.2 Å². The molecule has 1 spiro atoms. The van der Waals surface area contributed by atoms with Crippen LogP contribution in [0.1, 0.15) is 26.2 Å². The highest BCUT2D eigenvalue weighted by molar-refractivity contribution is 7.89. The van der Waals surface area contributed by atoms with E-state index in [0.717, 1.165) is 0 Å². The maximum absolute atomic E-state index is 13.4. The van der Waals surface area contributed by atoms with Gasteiger partial charge < -0.3 is 29.5 Å². The van der Waals surface area contributed by atoms with E-state index in [9.17, 15) is 21.9 Å². The summed E-state index contributed by atoms with van der Waals surface area (Å²) in [6.45, 7) is 4.57. The summed E-state index contributed by atoms with van der Waals surface area (Å²) in [5, 5.41) is 13.8. The van der Waals surface area contributed by atoms with Gasteiger partial charge in [0.1, 0.15) is 35.7 Å². The van der Waals surface area contributed by atoms with E-state index in [0.29, 0.717) is 69.4 Å². The molecule has 0 bridgehead atoms. The molecule has 2 aromatic rings. The highest BCUT2D eigenvalue weighted by atomic mass is 32.2. The number of nitrogens with zero attached hydrogens (tertiary/aromatic N) is 3. The van der Waals surface area contributed by atoms with Crippen LogP contribution in [-0.4, -0.2) is 109 Å². The first-order valence-electron chi connectivity index (χ1n) is 14.1. The minimum Gasteiger partial charge on any atom is -0.491 e. The van der Waals surface area contributed by atoms with Crippen LogP contribution in [0.4, 0.5) is 5.69 Å². The number of benzene rings is 1. The summed E-state index contributed by atoms with van der Waals surface area (Å²) < 4.78 is 72.5. The average molecular weight is 626 g/mol. The minimum absolute atomic E-state index is 0.0109. The third-order valence-electron chi connectivity index (χ3n) is 7.90. The van der Waals surface area contributed by atoms with Gasteiger partial charge in [-0.3, -0.25) is 0 Å². The number of ether oxygens (including phenoxy) is 3. The number of nitrogens with one attached hydrogen (secondary N) is 2. The van der Waals surface area contributed by atoms with Crippen LogP contribution < -0.4 is 24.4 Å². The molecule has 0 radical (unpaired) electrons. The summed E-state index contributed by atoms with van der Waals surface area (Å²) in [5.41, 5.74) is 0.258. The lowest BCUT2D eigenvalue weighted by Crippen LogP contribution is -2.47. The molecule has 3 aliphatic heterocycles. The summed E-state index contributed by atoms with van der Waals surface area (Å²) >= 11 is 0. The Bertz CT molecular complexity index is 1460. The van der Waals surface area contributed by atoms with E-state index in [-0.39, 0.29) is 35.5 Å². The SMILES string of the molecule is CCNS(=O)(=O)c1cccc(OC[C@@H](O)CN[C@H]2COC3(CCN(S(=O)(=O)c4cnc5c(c4)N(C)CCO5)CC3)C2)c1. The number of hydrogen-bond acceptors (Lipinski definition) is 11. The Morgan fingerprint density at radius 2 is 1.95 bits per heavy atom. The molecule has 1 aromatic heterocycles. The number of likely N-dealkylation sites (N-methyl/N-ethyl adjacent to an activating group) is 1. The Hall–Kier alpha value is -2.53. The van der Waals surface area contributed by atoms with Crippen molar-refractivity contribution in [2.24, 2.45) is 0 Å². The molecule has 3 aliphatic rings. The van der Waals surface area contributed by atoms with Crippen LogP contribution in [0.5, 0.6) is 11.6 Å². The molecule has 0 unspecified atom stereocenters. The number of rotatable bonds is 11. The maximum Gasteiger partial charge on any atom is 0.244 e. The number of hydrogen-bond donors (Lipinski definition) is 3. The van der Waals surface area contributed by atoms with Crippen LogP contribution in [0.25, 0.3) is 0 Å². The molecule has 4 heterocycles. The van der Waals surface area contributed by atoms with Gasteiger partial charge >= 0.3 is 0 Å². The summed E-state index contributed by atoms with van der Waals surface area (Å²) in [7, 11) is -5.43. The van der Waals surface area contributed by atoms with Gasteiger partial charge in [0.15, 0.2) is 0 Å². The summed E-state index contributed by atoms with van der Waals surface area (Å²) in [4.78, 5) is 6.43. The summed E-state index contributed by atoms with van der Waals surface area (Å²) in [6.07, 6.45) is 2.40. The van der Waals surface area contributed by atoms with Gasteiger partial charge in [0.25, 0.3) is 0 Å². The predicted octanol–water partition coefficient (Wildman–Crippen LogP) is 0.550. The number of pyridine rings is 1. The molecule has 0 amide bonds. The second kappa shape index (κ2) is 12.6. The number of aliphatic hydroxyl groups excluding tert-OH is 1. The van der Waals surface area contributed by atoms with Crippen molar-refractivity contribution in [1.29, 1.82) is 0 Å². The van der Waals surface area contributed by atoms with Gasteiger partial charge in [-0.15, -0.1) is 0 Å². The van der Waals surface area contributed by atoms with Gasteiger partial charge in [-0.25, -0.2) is 26.5 Å². The molecule has 0 saturated carbocycles. The molecule has 2 fully saturated rings. The Morgan fingerprint density at radius 1 is 1.17 bits per heavy atom. The van der Waals surface area contributed by atoms with Crippen molar-refractivity contribution in [3.63, 3.8) is 0 Å². The minimum atomic E-state index is -3.71. The van der Waals surface area contributed by atoms with Gasteiger partial charge in [0.05, 0.1) is 29.8 Å². The average Bonchev–Trinajstić information content (AvgIpc) is 3.37. The van der Waals surface area contributed by atoms with Crippen LogP contribution in [-0.2, 0) is 24.8 Å². The molecule has 13 nitrogen and oxygen atoms in total. The van der Waals surface area contributed by atoms with Crippen LogP contribution >= 0.6 is 0 Å². The van der Waals surface area contributed by atoms with Crippen LogP contribution in [0.15, 0.2) is 46.3 Å². The zero-order valence-corrected chi connectivity index (χ0v) is 25.5. The van der Waals surface area contributed by atoms with E-state index in [2.05, 4.69) is 15.0 Å². The first-order valence-corrected chi connectivity index (χ1v) is 17.1. The van der Waals surface area contributed by atoms with E-state index in [1.807, 2.05) is 11.9 Å². The van der Waals surface area contributed by atoms with E-state index in [1.165, 1.54) is 22.6 Å². The van der Waals surface area contributed by atoms with Crippen LogP contribution in [0.2, 0.25) is 0 Å². The van der Waals surface area contributed by atoms with Gasteiger partial charge in [0.2, 0.25) is 25.9 Å². The third-order valence-corrected chi connectivity index (χ3v) is 11.3. The lowest BCUT2D eigenvalue weighted by molar-refractivity contribution is -0.0312. The molecular weight excluding hydrogens is 586 g/mol. The molecule has 0 aliphatic carbocycles. The Kier molecular flexibility index (Phi) is 9.27. The second-order valence-electron chi connectivity index (χ2n) is 10.9. The van der Waals surface area contributed by atoms with E-state index >= 15 is 0 Å². The fourth-order valence-electron chi connectivity index (χ4n) is 5.51. The van der Waals surface area contributed by atoms with Crippen molar-refractivity contribution in [3.8, 4) is 11.6 Å². The zero-order chi connectivity index (χ0) is 30.0. The molecule has 232 valence electrons. The van der Waals surface area contributed by atoms with Crippen molar-refractivity contribution < 1.29 is 36.2 Å². The number of piperidine rings is 1. The Labute approximate surface area is 247 Å². The topological polar surface area (TPSA) is 160 Å². The number of anilines is 1. The van der Waals surface area contributed by atoms with Gasteiger partial charge in [-0.2, -0.15) is 4.31 Å². The fraction of sp³-hybridized carbons (Fsp3) is 0.593. The first-order chi connectivity index (χ1) is 20.0. The molecule has 15 heteroatoms. The molecule has 2 atom stereocenters. The standard InChI is InChI=1S/C27H39N5O8S2/c1-3-30-41(34,35)23-6-4-5-22(13-23)39-19-21(33)16-28-20-15-27(40-18-20)7-9-32(10-8-27)42(36,37)24-14-25-26(29-17-24)38-12-11-31(25)2/h4-6,13-14,17,20-21,28,30,33H,3,7-12,15-16,18-19H2,1-2H3/t20-,21+/m1/s1. The fourth-order valence-corrected chi connectivity index (χ4v) is 8.00. The lowest BCUT2D eigenvalue weighted by Gasteiger charge is -2.38. The number of sulfonamides is 2. The molecule has 2 saturated heterocycles. The van der Waals surface area contributed by atoms with Crippen molar-refractivity contribution in [2.75, 3.05) is 64.5 Å². The van der Waals surface area contributed by atoms with Crippen molar-refractivity contribution >= 4 is 25.7 Å². The largest absolute Gasteiger partial charge is 0.491 e. The number of aromatic nitrogens is 1. The lowest BCUT2D eigenvalue weighted by atomic mass is 9.88. The molecule has 1 aromatic carbocycles. The number of fused-ring (bicyclic) bond motifs is 1. The molecule has 5 rings (SSSR count). The third kappa shape index (κ3) is 6.82. The number of aliphatic hydroxyl groups is 1. The second-order valence-corrected chi connectivity index (χ2v) is 14.6. The predicted molar refractivity (Wildman–Crippen MR) is 155 cm³/mol. The van der Waals surface area contributed by atoms with Gasteiger partial charge in [-0.1, -0.05) is 13.0 Å². The zero-order valence-electron chi connectivity index (χ0n) is 23.9. The van der Waals surface area contributed by atoms with Gasteiger partial charge in [-0.05, 0) is 37.5 Å². The quantitative estimate of drug-likeness (QED) is 0.320. The molecule has 42 heavy (non-hydrogen) atoms. The van der Waals surface area contributed by atoms with Gasteiger partial charge in [0, 0.05) is 45.3 Å². The summed E-state index contributed by atoms with van der Waals surface area (Å²) in [6, 6.07) is 7.78. The summed E-state index contributed by atoms with van der Waals surface area (Å²) in [5.74, 6) is 0.795. The normalized spacial score (nSPS) is 21.6. The van der Waals surface area contributed by atoms with E-state index in [1.54, 1.807) is 25.1 Å². The van der Waals surface area contributed by atoms with Crippen LogP contribution in [0.3, 0.4) is 0 Å². The van der Waals surface area contributed by atoms with Crippen molar-refractivity contribution in [2.45, 2.75) is 53.7 Å². The van der Waals surface area contributed by atoms with Crippen molar-refractivity contribution in [3.05, 3.63) is 36.5 Å².